The van der Waals surface area contributed by atoms with Gasteiger partial charge < -0.3 is 24.3 Å². The molecule has 0 saturated carbocycles. The van der Waals surface area contributed by atoms with E-state index in [0.717, 1.165) is 54.4 Å². The van der Waals surface area contributed by atoms with Crippen molar-refractivity contribution in [2.45, 2.75) is 44.5 Å². The van der Waals surface area contributed by atoms with E-state index in [2.05, 4.69) is 56.3 Å². The molecule has 0 bridgehead atoms. The van der Waals surface area contributed by atoms with E-state index in [0.29, 0.717) is 5.11 Å². The number of aromatic nitrogens is 2. The summed E-state index contributed by atoms with van der Waals surface area (Å²) in [4.78, 5) is 6.88. The fourth-order valence-electron chi connectivity index (χ4n) is 5.28. The second-order valence-electron chi connectivity index (χ2n) is 9.58. The monoisotopic (exact) mass is 510 g/mol. The summed E-state index contributed by atoms with van der Waals surface area (Å²) in [5.41, 5.74) is 4.24. The lowest BCUT2D eigenvalue weighted by atomic mass is 10.0. The quantitative estimate of drug-likeness (QED) is 0.293. The molecule has 2 fully saturated rings. The predicted octanol–water partition coefficient (Wildman–Crippen LogP) is 6.34. The molecule has 7 heteroatoms. The van der Waals surface area contributed by atoms with Crippen molar-refractivity contribution in [3.05, 3.63) is 108 Å². The second kappa shape index (κ2) is 10.4. The van der Waals surface area contributed by atoms with E-state index in [1.165, 1.54) is 5.69 Å². The molecule has 4 aromatic rings. The van der Waals surface area contributed by atoms with Gasteiger partial charge in [0.05, 0.1) is 17.8 Å². The topological polar surface area (TPSA) is 51.5 Å². The molecular formula is C30H30N4O2S. The molecule has 0 aliphatic carbocycles. The number of nitrogens with zero attached hydrogens (tertiary/aromatic N) is 3. The van der Waals surface area contributed by atoms with Gasteiger partial charge in [-0.3, -0.25) is 4.98 Å². The number of nitrogens with one attached hydrogen (secondary N) is 1. The molecule has 37 heavy (non-hydrogen) atoms. The van der Waals surface area contributed by atoms with Crippen LogP contribution in [0.15, 0.2) is 91.3 Å². The van der Waals surface area contributed by atoms with E-state index in [1.54, 1.807) is 0 Å². The number of para-hydroxylation sites is 1. The van der Waals surface area contributed by atoms with Crippen molar-refractivity contribution in [1.82, 2.24) is 14.9 Å². The number of ether oxygens (including phenoxy) is 2. The van der Waals surface area contributed by atoms with Crippen LogP contribution in [0.1, 0.15) is 41.9 Å². The van der Waals surface area contributed by atoms with Crippen molar-refractivity contribution < 1.29 is 9.47 Å². The van der Waals surface area contributed by atoms with Gasteiger partial charge in [-0.15, -0.1) is 0 Å². The van der Waals surface area contributed by atoms with Gasteiger partial charge in [0.2, 0.25) is 0 Å². The van der Waals surface area contributed by atoms with Gasteiger partial charge in [-0.1, -0.05) is 24.3 Å². The van der Waals surface area contributed by atoms with Gasteiger partial charge in [0, 0.05) is 36.9 Å². The molecule has 6 nitrogen and oxygen atoms in total. The zero-order valence-corrected chi connectivity index (χ0v) is 21.6. The molecule has 2 saturated heterocycles. The van der Waals surface area contributed by atoms with Gasteiger partial charge in [0.1, 0.15) is 17.5 Å². The summed E-state index contributed by atoms with van der Waals surface area (Å²) < 4.78 is 14.4. The van der Waals surface area contributed by atoms with Crippen molar-refractivity contribution in [3.8, 4) is 11.5 Å². The summed E-state index contributed by atoms with van der Waals surface area (Å²) in [6, 6.07) is 26.3. The van der Waals surface area contributed by atoms with Gasteiger partial charge in [0.25, 0.3) is 0 Å². The first kappa shape index (κ1) is 23.7. The van der Waals surface area contributed by atoms with Crippen LogP contribution >= 0.6 is 12.2 Å². The Hall–Kier alpha value is -3.68. The summed E-state index contributed by atoms with van der Waals surface area (Å²) in [5.74, 6) is 1.64. The smallest absolute Gasteiger partial charge is 0.174 e. The van der Waals surface area contributed by atoms with Crippen LogP contribution in [0.2, 0.25) is 0 Å². The third kappa shape index (κ3) is 4.84. The van der Waals surface area contributed by atoms with Crippen LogP contribution in [-0.4, -0.2) is 27.4 Å². The van der Waals surface area contributed by atoms with Gasteiger partial charge in [-0.05, 0) is 92.1 Å². The minimum Gasteiger partial charge on any atom is -0.457 e. The number of pyridine rings is 1. The van der Waals surface area contributed by atoms with Crippen molar-refractivity contribution in [3.63, 3.8) is 0 Å². The molecule has 188 valence electrons. The summed E-state index contributed by atoms with van der Waals surface area (Å²) in [6.07, 6.45) is 6.44. The van der Waals surface area contributed by atoms with Gasteiger partial charge in [-0.2, -0.15) is 0 Å². The Morgan fingerprint density at radius 1 is 1.03 bits per heavy atom. The molecule has 6 rings (SSSR count). The highest BCUT2D eigenvalue weighted by atomic mass is 32.1. The zero-order chi connectivity index (χ0) is 25.2. The number of hydrogen-bond acceptors (Lipinski definition) is 4. The number of rotatable bonds is 7. The lowest BCUT2D eigenvalue weighted by Gasteiger charge is -2.29. The number of benzene rings is 2. The van der Waals surface area contributed by atoms with Crippen LogP contribution in [0.5, 0.6) is 11.5 Å². The van der Waals surface area contributed by atoms with Crippen molar-refractivity contribution >= 4 is 23.0 Å². The van der Waals surface area contributed by atoms with E-state index in [9.17, 15) is 0 Å². The molecular weight excluding hydrogens is 480 g/mol. The highest BCUT2D eigenvalue weighted by Crippen LogP contribution is 2.42. The summed E-state index contributed by atoms with van der Waals surface area (Å²) >= 11 is 5.91. The number of aryl methyl sites for hydroxylation is 1. The van der Waals surface area contributed by atoms with Gasteiger partial charge >= 0.3 is 0 Å². The summed E-state index contributed by atoms with van der Waals surface area (Å²) in [7, 11) is 0. The molecule has 3 atom stereocenters. The molecule has 2 aromatic carbocycles. The Balaban J connectivity index is 1.34. The summed E-state index contributed by atoms with van der Waals surface area (Å²) in [6.45, 7) is 3.72. The Morgan fingerprint density at radius 2 is 1.86 bits per heavy atom. The Morgan fingerprint density at radius 3 is 2.62 bits per heavy atom. The molecule has 2 aliphatic rings. The first-order chi connectivity index (χ1) is 18.2. The summed E-state index contributed by atoms with van der Waals surface area (Å²) in [5, 5.41) is 4.24. The maximum atomic E-state index is 6.14. The predicted molar refractivity (Wildman–Crippen MR) is 149 cm³/mol. The lowest BCUT2D eigenvalue weighted by Crippen LogP contribution is -2.31. The molecule has 0 radical (unpaired) electrons. The van der Waals surface area contributed by atoms with Crippen LogP contribution in [0.25, 0.3) is 0 Å². The molecule has 4 heterocycles. The Bertz CT molecular complexity index is 1370. The average molecular weight is 511 g/mol. The molecule has 0 unspecified atom stereocenters. The highest BCUT2D eigenvalue weighted by Gasteiger charge is 2.42. The highest BCUT2D eigenvalue weighted by molar-refractivity contribution is 7.80. The van der Waals surface area contributed by atoms with Crippen LogP contribution in [0.3, 0.4) is 0 Å². The van der Waals surface area contributed by atoms with E-state index >= 15 is 0 Å². The van der Waals surface area contributed by atoms with Gasteiger partial charge in [0.15, 0.2) is 5.11 Å². The van der Waals surface area contributed by atoms with E-state index in [-0.39, 0.29) is 18.2 Å². The number of hydrogen-bond donors (Lipinski definition) is 1. The fraction of sp³-hybridized carbons (Fsp3) is 0.267. The van der Waals surface area contributed by atoms with Crippen molar-refractivity contribution in [1.29, 1.82) is 0 Å². The SMILES string of the molecule is Cc1ccccc1Oc1ccc(N2C(=S)N[C@H](c3ccccn3)[C@@H]2c2cccn2C[C@@H]2CCCO2)cc1. The third-order valence-electron chi connectivity index (χ3n) is 7.13. The lowest BCUT2D eigenvalue weighted by molar-refractivity contribution is 0.0961. The van der Waals surface area contributed by atoms with Crippen LogP contribution < -0.4 is 15.0 Å². The zero-order valence-electron chi connectivity index (χ0n) is 20.8. The van der Waals surface area contributed by atoms with Crippen LogP contribution in [-0.2, 0) is 11.3 Å². The van der Waals surface area contributed by atoms with Crippen molar-refractivity contribution in [2.75, 3.05) is 11.5 Å². The van der Waals surface area contributed by atoms with Crippen molar-refractivity contribution in [2.24, 2.45) is 0 Å². The van der Waals surface area contributed by atoms with E-state index in [1.807, 2.05) is 61.7 Å². The van der Waals surface area contributed by atoms with E-state index in [4.69, 9.17) is 21.7 Å². The molecule has 2 aromatic heterocycles. The van der Waals surface area contributed by atoms with Crippen LogP contribution in [0, 0.1) is 6.92 Å². The first-order valence-corrected chi connectivity index (χ1v) is 13.2. The minimum atomic E-state index is -0.0882. The minimum absolute atomic E-state index is 0.0676. The molecule has 0 amide bonds. The van der Waals surface area contributed by atoms with Gasteiger partial charge in [-0.25, -0.2) is 0 Å². The third-order valence-corrected chi connectivity index (χ3v) is 7.44. The Kier molecular flexibility index (Phi) is 6.64. The first-order valence-electron chi connectivity index (χ1n) is 12.8. The molecule has 0 spiro atoms. The largest absolute Gasteiger partial charge is 0.457 e. The van der Waals surface area contributed by atoms with Crippen LogP contribution in [0.4, 0.5) is 5.69 Å². The molecule has 1 N–H and O–H groups in total. The number of thiocarbonyl (C=S) groups is 1. The normalized spacial score (nSPS) is 21.3. The molecule has 2 aliphatic heterocycles. The maximum Gasteiger partial charge on any atom is 0.174 e. The second-order valence-corrected chi connectivity index (χ2v) is 9.97. The Labute approximate surface area is 222 Å². The standard InChI is InChI=1S/C30H30N4O2S/c1-21-8-2-3-12-27(21)36-23-15-13-22(14-16-23)34-29(28(32-30(34)37)25-10-4-5-17-31-25)26-11-6-18-33(26)20-24-9-7-19-35-24/h2-6,8,10-18,24,28-29H,7,9,19-20H2,1H3,(H,32,37)/t24-,28+,29-/m0/s1. The van der Waals surface area contributed by atoms with E-state index < -0.39 is 0 Å². The fourth-order valence-corrected chi connectivity index (χ4v) is 5.62. The average Bonchev–Trinajstić information content (AvgIpc) is 3.67. The maximum absolute atomic E-state index is 6.14. The number of anilines is 1.